The summed E-state index contributed by atoms with van der Waals surface area (Å²) in [5.74, 6) is 2.53. The number of nitrogens with zero attached hydrogens (tertiary/aromatic N) is 2. The highest BCUT2D eigenvalue weighted by molar-refractivity contribution is 14.0. The van der Waals surface area contributed by atoms with Crippen LogP contribution in [0.2, 0.25) is 0 Å². The average molecular weight is 452 g/mol. The highest BCUT2D eigenvalue weighted by Crippen LogP contribution is 2.26. The number of morpholine rings is 1. The number of halogens is 1. The van der Waals surface area contributed by atoms with Gasteiger partial charge in [0.25, 0.3) is 0 Å². The first-order valence-corrected chi connectivity index (χ1v) is 9.48. The van der Waals surface area contributed by atoms with Gasteiger partial charge in [-0.2, -0.15) is 0 Å². The molecule has 2 aliphatic rings. The number of hydrogen-bond acceptors (Lipinski definition) is 3. The summed E-state index contributed by atoms with van der Waals surface area (Å²) >= 11 is 0. The lowest BCUT2D eigenvalue weighted by molar-refractivity contribution is 0.0320. The zero-order chi connectivity index (χ0) is 16.5. The molecule has 2 rings (SSSR count). The van der Waals surface area contributed by atoms with Gasteiger partial charge in [-0.25, -0.2) is 0 Å². The van der Waals surface area contributed by atoms with Crippen LogP contribution in [-0.2, 0) is 4.74 Å². The number of ether oxygens (including phenoxy) is 1. The standard InChI is InChI=1S/C18H36N4O.HI/c1-4-16-5-7-17(8-6-16)21-18(19-3)20-13-15(2)14-22-9-11-23-12-10-22;/h15-17H,4-14H2,1-3H3,(H2,19,20,21);1H. The Hall–Kier alpha value is -0.0800. The zero-order valence-electron chi connectivity index (χ0n) is 15.7. The van der Waals surface area contributed by atoms with Crippen molar-refractivity contribution in [2.45, 2.75) is 52.0 Å². The number of rotatable bonds is 6. The van der Waals surface area contributed by atoms with Crippen molar-refractivity contribution < 1.29 is 4.74 Å². The number of hydrogen-bond donors (Lipinski definition) is 2. The quantitative estimate of drug-likeness (QED) is 0.370. The van der Waals surface area contributed by atoms with Crippen molar-refractivity contribution in [2.24, 2.45) is 16.8 Å². The van der Waals surface area contributed by atoms with Crippen LogP contribution in [0.1, 0.15) is 46.0 Å². The molecular formula is C18H37IN4O. The summed E-state index contributed by atoms with van der Waals surface area (Å²) in [5.41, 5.74) is 0. The van der Waals surface area contributed by atoms with E-state index in [1.54, 1.807) is 0 Å². The highest BCUT2D eigenvalue weighted by Gasteiger charge is 2.21. The lowest BCUT2D eigenvalue weighted by Gasteiger charge is -2.31. The number of aliphatic imine (C=N–C) groups is 1. The van der Waals surface area contributed by atoms with Crippen molar-refractivity contribution in [3.63, 3.8) is 0 Å². The smallest absolute Gasteiger partial charge is 0.191 e. The summed E-state index contributed by atoms with van der Waals surface area (Å²) in [7, 11) is 1.87. The third kappa shape index (κ3) is 7.87. The minimum Gasteiger partial charge on any atom is -0.379 e. The van der Waals surface area contributed by atoms with Gasteiger partial charge in [0.05, 0.1) is 13.2 Å². The van der Waals surface area contributed by atoms with E-state index in [0.717, 1.165) is 51.3 Å². The molecule has 1 aliphatic carbocycles. The van der Waals surface area contributed by atoms with Crippen molar-refractivity contribution in [3.8, 4) is 0 Å². The Morgan fingerprint density at radius 1 is 1.21 bits per heavy atom. The van der Waals surface area contributed by atoms with Gasteiger partial charge in [0, 0.05) is 39.3 Å². The van der Waals surface area contributed by atoms with Crippen LogP contribution in [0.4, 0.5) is 0 Å². The van der Waals surface area contributed by atoms with E-state index in [1.807, 2.05) is 7.05 Å². The summed E-state index contributed by atoms with van der Waals surface area (Å²) in [6, 6.07) is 0.596. The van der Waals surface area contributed by atoms with Gasteiger partial charge in [-0.3, -0.25) is 9.89 Å². The van der Waals surface area contributed by atoms with Gasteiger partial charge in [-0.1, -0.05) is 20.3 Å². The molecule has 0 spiro atoms. The Morgan fingerprint density at radius 2 is 1.88 bits per heavy atom. The van der Waals surface area contributed by atoms with E-state index in [1.165, 1.54) is 32.1 Å². The Balaban J connectivity index is 0.00000288. The van der Waals surface area contributed by atoms with E-state index < -0.39 is 0 Å². The summed E-state index contributed by atoms with van der Waals surface area (Å²) in [6.07, 6.45) is 6.61. The van der Waals surface area contributed by atoms with Crippen molar-refractivity contribution in [1.29, 1.82) is 0 Å². The predicted molar refractivity (Wildman–Crippen MR) is 112 cm³/mol. The second kappa shape index (κ2) is 12.3. The van der Waals surface area contributed by atoms with Gasteiger partial charge in [0.2, 0.25) is 0 Å². The second-order valence-corrected chi connectivity index (χ2v) is 7.24. The predicted octanol–water partition coefficient (Wildman–Crippen LogP) is 2.71. The largest absolute Gasteiger partial charge is 0.379 e. The maximum atomic E-state index is 5.41. The highest BCUT2D eigenvalue weighted by atomic mass is 127. The second-order valence-electron chi connectivity index (χ2n) is 7.24. The lowest BCUT2D eigenvalue weighted by atomic mass is 9.84. The first-order chi connectivity index (χ1) is 11.2. The molecule has 0 aromatic heterocycles. The first kappa shape index (κ1) is 22.0. The minimum absolute atomic E-state index is 0. The molecule has 0 aromatic rings. The molecule has 2 fully saturated rings. The Kier molecular flexibility index (Phi) is 11.3. The van der Waals surface area contributed by atoms with Gasteiger partial charge in [-0.05, 0) is 37.5 Å². The van der Waals surface area contributed by atoms with Crippen molar-refractivity contribution in [1.82, 2.24) is 15.5 Å². The van der Waals surface area contributed by atoms with E-state index in [-0.39, 0.29) is 24.0 Å². The van der Waals surface area contributed by atoms with Crippen LogP contribution in [0.25, 0.3) is 0 Å². The van der Waals surface area contributed by atoms with Crippen molar-refractivity contribution in [3.05, 3.63) is 0 Å². The topological polar surface area (TPSA) is 48.9 Å². The van der Waals surface area contributed by atoms with Gasteiger partial charge in [0.1, 0.15) is 0 Å². The molecule has 1 saturated carbocycles. The van der Waals surface area contributed by atoms with Crippen LogP contribution in [0.15, 0.2) is 4.99 Å². The van der Waals surface area contributed by atoms with Gasteiger partial charge >= 0.3 is 0 Å². The van der Waals surface area contributed by atoms with Crippen molar-refractivity contribution in [2.75, 3.05) is 46.4 Å². The first-order valence-electron chi connectivity index (χ1n) is 9.48. The summed E-state index contributed by atoms with van der Waals surface area (Å²) in [4.78, 5) is 6.90. The van der Waals surface area contributed by atoms with E-state index >= 15 is 0 Å². The van der Waals surface area contributed by atoms with Gasteiger partial charge < -0.3 is 15.4 Å². The monoisotopic (exact) mass is 452 g/mol. The number of guanidine groups is 1. The summed E-state index contributed by atoms with van der Waals surface area (Å²) < 4.78 is 5.41. The lowest BCUT2D eigenvalue weighted by Crippen LogP contribution is -2.47. The Bertz CT molecular complexity index is 353. The third-order valence-corrected chi connectivity index (χ3v) is 5.28. The van der Waals surface area contributed by atoms with Gasteiger partial charge in [0.15, 0.2) is 5.96 Å². The molecule has 1 saturated heterocycles. The maximum absolute atomic E-state index is 5.41. The summed E-state index contributed by atoms with van der Waals surface area (Å²) in [6.45, 7) is 10.6. The fourth-order valence-electron chi connectivity index (χ4n) is 3.66. The van der Waals surface area contributed by atoms with Gasteiger partial charge in [-0.15, -0.1) is 24.0 Å². The van der Waals surface area contributed by atoms with E-state index in [0.29, 0.717) is 12.0 Å². The minimum atomic E-state index is 0. The van der Waals surface area contributed by atoms with E-state index in [9.17, 15) is 0 Å². The van der Waals surface area contributed by atoms with Crippen LogP contribution >= 0.6 is 24.0 Å². The SMILES string of the molecule is CCC1CCC(NC(=NC)NCC(C)CN2CCOCC2)CC1.I. The molecule has 2 N–H and O–H groups in total. The molecule has 0 aromatic carbocycles. The molecule has 0 radical (unpaired) electrons. The summed E-state index contributed by atoms with van der Waals surface area (Å²) in [5, 5.41) is 7.13. The van der Waals surface area contributed by atoms with Crippen LogP contribution in [0.3, 0.4) is 0 Å². The fourth-order valence-corrected chi connectivity index (χ4v) is 3.66. The molecule has 5 nitrogen and oxygen atoms in total. The Morgan fingerprint density at radius 3 is 2.46 bits per heavy atom. The molecule has 0 bridgehead atoms. The van der Waals surface area contributed by atoms with E-state index in [4.69, 9.17) is 4.74 Å². The maximum Gasteiger partial charge on any atom is 0.191 e. The molecule has 1 heterocycles. The van der Waals surface area contributed by atoms with Crippen LogP contribution in [0.5, 0.6) is 0 Å². The molecule has 142 valence electrons. The molecule has 0 amide bonds. The third-order valence-electron chi connectivity index (χ3n) is 5.28. The molecule has 1 aliphatic heterocycles. The van der Waals surface area contributed by atoms with E-state index in [2.05, 4.69) is 34.4 Å². The molecule has 1 unspecified atom stereocenters. The molecule has 6 heteroatoms. The molecular weight excluding hydrogens is 415 g/mol. The van der Waals surface area contributed by atoms with Crippen LogP contribution < -0.4 is 10.6 Å². The van der Waals surface area contributed by atoms with Crippen LogP contribution in [-0.4, -0.2) is 63.3 Å². The fraction of sp³-hybridized carbons (Fsp3) is 0.944. The zero-order valence-corrected chi connectivity index (χ0v) is 18.1. The van der Waals surface area contributed by atoms with Crippen molar-refractivity contribution >= 4 is 29.9 Å². The molecule has 24 heavy (non-hydrogen) atoms. The average Bonchev–Trinajstić information content (AvgIpc) is 2.60. The Labute approximate surface area is 165 Å². The number of nitrogens with one attached hydrogen (secondary N) is 2. The molecule has 1 atom stereocenters. The normalized spacial score (nSPS) is 27.2. The van der Waals surface area contributed by atoms with Crippen LogP contribution in [0, 0.1) is 11.8 Å².